The van der Waals surface area contributed by atoms with Crippen LogP contribution in [0.25, 0.3) is 11.8 Å². The Hall–Kier alpha value is -2.67. The zero-order valence-corrected chi connectivity index (χ0v) is 13.3. The van der Waals surface area contributed by atoms with Crippen LogP contribution in [0.2, 0.25) is 0 Å². The summed E-state index contributed by atoms with van der Waals surface area (Å²) >= 11 is 3.11. The molecule has 0 aliphatic heterocycles. The van der Waals surface area contributed by atoms with Gasteiger partial charge in [0.1, 0.15) is 12.1 Å². The highest BCUT2D eigenvalue weighted by Gasteiger charge is 2.05. The Balaban J connectivity index is 1.82. The van der Waals surface area contributed by atoms with Crippen molar-refractivity contribution in [2.45, 2.75) is 0 Å². The minimum atomic E-state index is -0.345. The van der Waals surface area contributed by atoms with Crippen LogP contribution in [0.5, 0.6) is 0 Å². The second-order valence-electron chi connectivity index (χ2n) is 4.68. The summed E-state index contributed by atoms with van der Waals surface area (Å²) in [6.07, 6.45) is 4.53. The van der Waals surface area contributed by atoms with E-state index in [4.69, 9.17) is 0 Å². The lowest BCUT2D eigenvalue weighted by molar-refractivity contribution is 0.104. The predicted molar refractivity (Wildman–Crippen MR) is 86.6 cm³/mol. The van der Waals surface area contributed by atoms with Crippen molar-refractivity contribution in [3.63, 3.8) is 0 Å². The number of benzene rings is 2. The molecule has 1 aromatic heterocycles. The van der Waals surface area contributed by atoms with Gasteiger partial charge >= 0.3 is 0 Å². The highest BCUT2D eigenvalue weighted by atomic mass is 79.9. The van der Waals surface area contributed by atoms with Gasteiger partial charge in [-0.15, -0.1) is 5.10 Å². The van der Waals surface area contributed by atoms with E-state index in [0.29, 0.717) is 15.7 Å². The third-order valence-corrected chi connectivity index (χ3v) is 3.72. The number of carbonyl (C=O) groups excluding carboxylic acids is 1. The van der Waals surface area contributed by atoms with Gasteiger partial charge < -0.3 is 0 Å². The Kier molecular flexibility index (Phi) is 4.38. The van der Waals surface area contributed by atoms with E-state index in [0.717, 1.165) is 5.56 Å². The summed E-state index contributed by atoms with van der Waals surface area (Å²) in [4.78, 5) is 12.3. The number of tetrazole rings is 1. The number of carbonyl (C=O) groups is 1. The Morgan fingerprint density at radius 2 is 2.09 bits per heavy atom. The average Bonchev–Trinajstić information content (AvgIpc) is 3.10. The SMILES string of the molecule is O=C(/C=C/c1ccc(F)c(Br)c1)c1cccc(-n2cnnn2)c1. The average molecular weight is 373 g/mol. The van der Waals surface area contributed by atoms with Crippen molar-refractivity contribution >= 4 is 27.8 Å². The van der Waals surface area contributed by atoms with E-state index in [1.165, 1.54) is 23.2 Å². The topological polar surface area (TPSA) is 60.7 Å². The molecular formula is C16H10BrFN4O. The van der Waals surface area contributed by atoms with Gasteiger partial charge in [-0.1, -0.05) is 24.3 Å². The summed E-state index contributed by atoms with van der Waals surface area (Å²) in [5, 5.41) is 10.9. The molecular weight excluding hydrogens is 363 g/mol. The second kappa shape index (κ2) is 6.62. The van der Waals surface area contributed by atoms with Gasteiger partial charge in [0.2, 0.25) is 0 Å². The molecule has 0 aliphatic rings. The van der Waals surface area contributed by atoms with Crippen LogP contribution in [0.4, 0.5) is 4.39 Å². The van der Waals surface area contributed by atoms with Crippen molar-refractivity contribution < 1.29 is 9.18 Å². The normalized spacial score (nSPS) is 11.0. The van der Waals surface area contributed by atoms with Crippen molar-refractivity contribution in [1.29, 1.82) is 0 Å². The first kappa shape index (κ1) is 15.2. The maximum atomic E-state index is 13.2. The van der Waals surface area contributed by atoms with E-state index in [2.05, 4.69) is 31.5 Å². The van der Waals surface area contributed by atoms with E-state index in [1.807, 2.05) is 0 Å². The third kappa shape index (κ3) is 3.57. The van der Waals surface area contributed by atoms with Crippen molar-refractivity contribution in [1.82, 2.24) is 20.2 Å². The molecule has 3 aromatic rings. The monoisotopic (exact) mass is 372 g/mol. The summed E-state index contributed by atoms with van der Waals surface area (Å²) in [6.45, 7) is 0. The number of hydrogen-bond donors (Lipinski definition) is 0. The molecule has 0 bridgehead atoms. The zero-order chi connectivity index (χ0) is 16.2. The van der Waals surface area contributed by atoms with Crippen molar-refractivity contribution in [3.8, 4) is 5.69 Å². The molecule has 0 saturated heterocycles. The Labute approximate surface area is 139 Å². The fourth-order valence-electron chi connectivity index (χ4n) is 1.97. The lowest BCUT2D eigenvalue weighted by Crippen LogP contribution is -1.99. The molecule has 0 atom stereocenters. The second-order valence-corrected chi connectivity index (χ2v) is 5.53. The van der Waals surface area contributed by atoms with Gasteiger partial charge in [0.05, 0.1) is 10.2 Å². The van der Waals surface area contributed by atoms with Gasteiger partial charge in [0.15, 0.2) is 5.78 Å². The summed E-state index contributed by atoms with van der Waals surface area (Å²) in [6, 6.07) is 11.5. The zero-order valence-electron chi connectivity index (χ0n) is 11.7. The van der Waals surface area contributed by atoms with Gasteiger partial charge in [0, 0.05) is 5.56 Å². The van der Waals surface area contributed by atoms with Crippen LogP contribution < -0.4 is 0 Å². The first-order chi connectivity index (χ1) is 11.1. The maximum absolute atomic E-state index is 13.2. The Bertz CT molecular complexity index is 878. The van der Waals surface area contributed by atoms with E-state index >= 15 is 0 Å². The molecule has 2 aromatic carbocycles. The van der Waals surface area contributed by atoms with Crippen molar-refractivity contribution in [2.75, 3.05) is 0 Å². The Morgan fingerprint density at radius 1 is 1.22 bits per heavy atom. The number of ketones is 1. The first-order valence-electron chi connectivity index (χ1n) is 6.64. The summed E-state index contributed by atoms with van der Waals surface area (Å²) < 4.78 is 15.0. The highest BCUT2D eigenvalue weighted by molar-refractivity contribution is 9.10. The molecule has 0 radical (unpaired) electrons. The molecule has 0 saturated carbocycles. The van der Waals surface area contributed by atoms with Crippen LogP contribution in [0.3, 0.4) is 0 Å². The van der Waals surface area contributed by atoms with Crippen LogP contribution >= 0.6 is 15.9 Å². The molecule has 23 heavy (non-hydrogen) atoms. The minimum Gasteiger partial charge on any atom is -0.289 e. The molecule has 0 spiro atoms. The van der Waals surface area contributed by atoms with Crippen molar-refractivity contribution in [3.05, 3.63) is 76.3 Å². The fraction of sp³-hybridized carbons (Fsp3) is 0. The molecule has 1 heterocycles. The van der Waals surface area contributed by atoms with Gasteiger partial charge in [0.25, 0.3) is 0 Å². The summed E-state index contributed by atoms with van der Waals surface area (Å²) in [5.74, 6) is -0.511. The molecule has 3 rings (SSSR count). The molecule has 0 fully saturated rings. The molecule has 0 unspecified atom stereocenters. The molecule has 114 valence electrons. The molecule has 0 N–H and O–H groups in total. The summed E-state index contributed by atoms with van der Waals surface area (Å²) in [7, 11) is 0. The fourth-order valence-corrected chi connectivity index (χ4v) is 2.36. The molecule has 0 aliphatic carbocycles. The van der Waals surface area contributed by atoms with Crippen LogP contribution in [-0.2, 0) is 0 Å². The first-order valence-corrected chi connectivity index (χ1v) is 7.44. The number of hydrogen-bond acceptors (Lipinski definition) is 4. The van der Waals surface area contributed by atoms with E-state index in [1.54, 1.807) is 42.5 Å². The number of aromatic nitrogens is 4. The standard InChI is InChI=1S/C16H10BrFN4O/c17-14-8-11(4-6-15(14)18)5-7-16(23)12-2-1-3-13(9-12)22-10-19-20-21-22/h1-10H/b7-5+. The van der Waals surface area contributed by atoms with Gasteiger partial charge in [-0.05, 0) is 62.3 Å². The lowest BCUT2D eigenvalue weighted by Gasteiger charge is -2.01. The van der Waals surface area contributed by atoms with E-state index < -0.39 is 0 Å². The molecule has 7 heteroatoms. The third-order valence-electron chi connectivity index (χ3n) is 3.12. The quantitative estimate of drug-likeness (QED) is 0.519. The number of halogens is 2. The maximum Gasteiger partial charge on any atom is 0.185 e. The van der Waals surface area contributed by atoms with Crippen LogP contribution in [0, 0.1) is 5.82 Å². The van der Waals surface area contributed by atoms with Crippen molar-refractivity contribution in [2.24, 2.45) is 0 Å². The molecule has 0 amide bonds. The largest absolute Gasteiger partial charge is 0.289 e. The van der Waals surface area contributed by atoms with Crippen LogP contribution in [0.1, 0.15) is 15.9 Å². The molecule has 5 nitrogen and oxygen atoms in total. The van der Waals surface area contributed by atoms with E-state index in [9.17, 15) is 9.18 Å². The number of rotatable bonds is 4. The minimum absolute atomic E-state index is 0.166. The smallest absolute Gasteiger partial charge is 0.185 e. The van der Waals surface area contributed by atoms with Crippen LogP contribution in [-0.4, -0.2) is 26.0 Å². The number of nitrogens with zero attached hydrogens (tertiary/aromatic N) is 4. The Morgan fingerprint density at radius 3 is 2.83 bits per heavy atom. The van der Waals surface area contributed by atoms with Gasteiger partial charge in [-0.3, -0.25) is 4.79 Å². The summed E-state index contributed by atoms with van der Waals surface area (Å²) in [5.41, 5.74) is 1.93. The predicted octanol–water partition coefficient (Wildman–Crippen LogP) is 3.46. The number of allylic oxidation sites excluding steroid dienone is 1. The lowest BCUT2D eigenvalue weighted by atomic mass is 10.1. The van der Waals surface area contributed by atoms with Gasteiger partial charge in [-0.25, -0.2) is 9.07 Å². The highest BCUT2D eigenvalue weighted by Crippen LogP contribution is 2.18. The van der Waals surface area contributed by atoms with Gasteiger partial charge in [-0.2, -0.15) is 0 Å². The van der Waals surface area contributed by atoms with E-state index in [-0.39, 0.29) is 11.6 Å². The van der Waals surface area contributed by atoms with Crippen LogP contribution in [0.15, 0.2) is 59.3 Å².